The van der Waals surface area contributed by atoms with Crippen LogP contribution in [-0.2, 0) is 6.54 Å². The van der Waals surface area contributed by atoms with Crippen molar-refractivity contribution in [2.24, 2.45) is 0 Å². The second kappa shape index (κ2) is 6.98. The van der Waals surface area contributed by atoms with E-state index < -0.39 is 18.8 Å². The molecule has 0 aliphatic carbocycles. The summed E-state index contributed by atoms with van der Waals surface area (Å²) in [6, 6.07) is 7.23. The molecule has 0 fully saturated rings. The first kappa shape index (κ1) is 18.0. The van der Waals surface area contributed by atoms with Crippen LogP contribution in [-0.4, -0.2) is 30.6 Å². The number of fused-ring (bicyclic) bond motifs is 1. The highest BCUT2D eigenvalue weighted by atomic mass is 35.5. The van der Waals surface area contributed by atoms with Gasteiger partial charge in [-0.15, -0.1) is 4.52 Å². The van der Waals surface area contributed by atoms with Gasteiger partial charge in [0.2, 0.25) is 5.65 Å². The van der Waals surface area contributed by atoms with Crippen LogP contribution in [0.1, 0.15) is 0 Å². The minimum atomic E-state index is -2.62. The van der Waals surface area contributed by atoms with Crippen molar-refractivity contribution in [3.8, 4) is 22.6 Å². The third-order valence-electron chi connectivity index (χ3n) is 4.07. The molecule has 3 heterocycles. The number of benzene rings is 1. The molecule has 0 atom stereocenters. The maximum absolute atomic E-state index is 13.5. The van der Waals surface area contributed by atoms with Gasteiger partial charge in [0.25, 0.3) is 12.2 Å². The Bertz CT molecular complexity index is 1220. The quantitative estimate of drug-likeness (QED) is 0.458. The number of alkyl halides is 2. The van der Waals surface area contributed by atoms with Crippen LogP contribution in [0.4, 0.5) is 19.0 Å². The van der Waals surface area contributed by atoms with Crippen molar-refractivity contribution < 1.29 is 13.2 Å². The largest absolute Gasteiger partial charge is 0.360 e. The standard InChI is InChI=1S/C18H10ClF3N6/c1-23-16-7-24-15-5-4-13(26-28(15)16)18-17(25-9-27(18)8-14(21)22)10-2-3-12(20)11(19)6-10/h2-7,9,14H,8H2. The SMILES string of the molecule is [C-]#[N+]c1cnc2ccc(-c3c(-c4ccc(F)c(Cl)c4)ncn3CC(F)F)nn12. The molecule has 0 bridgehead atoms. The van der Waals surface area contributed by atoms with Gasteiger partial charge in [-0.25, -0.2) is 23.1 Å². The summed E-state index contributed by atoms with van der Waals surface area (Å²) in [5, 5.41) is 4.26. The summed E-state index contributed by atoms with van der Waals surface area (Å²) in [6.07, 6.45) is 0.0215. The van der Waals surface area contributed by atoms with E-state index >= 15 is 0 Å². The first-order valence-corrected chi connectivity index (χ1v) is 8.37. The Labute approximate surface area is 161 Å². The molecule has 28 heavy (non-hydrogen) atoms. The fourth-order valence-corrected chi connectivity index (χ4v) is 3.04. The molecule has 0 aliphatic heterocycles. The van der Waals surface area contributed by atoms with E-state index in [1.54, 1.807) is 12.1 Å². The third-order valence-corrected chi connectivity index (χ3v) is 4.36. The highest BCUT2D eigenvalue weighted by molar-refractivity contribution is 6.31. The van der Waals surface area contributed by atoms with Gasteiger partial charge in [-0.3, -0.25) is 0 Å². The second-order valence-corrected chi connectivity index (χ2v) is 6.24. The fraction of sp³-hybridized carbons (Fsp3) is 0.111. The zero-order valence-electron chi connectivity index (χ0n) is 14.0. The van der Waals surface area contributed by atoms with Crippen molar-refractivity contribution >= 4 is 23.1 Å². The average Bonchev–Trinajstić information content (AvgIpc) is 3.26. The Balaban J connectivity index is 1.94. The molecule has 0 spiro atoms. The van der Waals surface area contributed by atoms with Crippen LogP contribution in [0.3, 0.4) is 0 Å². The van der Waals surface area contributed by atoms with E-state index in [0.29, 0.717) is 28.3 Å². The van der Waals surface area contributed by atoms with Crippen LogP contribution in [0.25, 0.3) is 33.1 Å². The van der Waals surface area contributed by atoms with Crippen LogP contribution >= 0.6 is 11.6 Å². The summed E-state index contributed by atoms with van der Waals surface area (Å²) < 4.78 is 42.3. The lowest BCUT2D eigenvalue weighted by molar-refractivity contribution is 0.127. The Morgan fingerprint density at radius 2 is 2.00 bits per heavy atom. The minimum absolute atomic E-state index is 0.111. The number of halogens is 4. The second-order valence-electron chi connectivity index (χ2n) is 5.83. The van der Waals surface area contributed by atoms with E-state index in [9.17, 15) is 13.2 Å². The van der Waals surface area contributed by atoms with Crippen LogP contribution in [0, 0.1) is 12.4 Å². The lowest BCUT2D eigenvalue weighted by Crippen LogP contribution is -2.08. The van der Waals surface area contributed by atoms with Crippen LogP contribution in [0.2, 0.25) is 5.02 Å². The molecule has 140 valence electrons. The monoisotopic (exact) mass is 402 g/mol. The molecule has 0 unspecified atom stereocenters. The molecule has 4 aromatic rings. The third kappa shape index (κ3) is 3.08. The van der Waals surface area contributed by atoms with E-state index in [4.69, 9.17) is 18.2 Å². The molecule has 0 saturated heterocycles. The zero-order valence-corrected chi connectivity index (χ0v) is 14.8. The highest BCUT2D eigenvalue weighted by Gasteiger charge is 2.21. The van der Waals surface area contributed by atoms with Gasteiger partial charge < -0.3 is 9.41 Å². The Morgan fingerprint density at radius 3 is 2.71 bits per heavy atom. The Hall–Kier alpha value is -3.38. The van der Waals surface area contributed by atoms with Crippen molar-refractivity contribution in [1.29, 1.82) is 0 Å². The van der Waals surface area contributed by atoms with Gasteiger partial charge in [-0.05, 0) is 24.3 Å². The first-order chi connectivity index (χ1) is 13.5. The number of hydrogen-bond acceptors (Lipinski definition) is 3. The number of imidazole rings is 2. The van der Waals surface area contributed by atoms with Gasteiger partial charge in [0, 0.05) is 11.6 Å². The molecule has 0 N–H and O–H groups in total. The van der Waals surface area contributed by atoms with Gasteiger partial charge >= 0.3 is 0 Å². The molecule has 0 aliphatic rings. The Kier molecular flexibility index (Phi) is 4.49. The average molecular weight is 403 g/mol. The lowest BCUT2D eigenvalue weighted by Gasteiger charge is -2.09. The van der Waals surface area contributed by atoms with Crippen molar-refractivity contribution in [2.75, 3.05) is 0 Å². The van der Waals surface area contributed by atoms with E-state index in [2.05, 4.69) is 19.9 Å². The van der Waals surface area contributed by atoms with Gasteiger partial charge in [0.05, 0.1) is 35.5 Å². The molecule has 6 nitrogen and oxygen atoms in total. The van der Waals surface area contributed by atoms with Crippen molar-refractivity contribution in [3.05, 3.63) is 65.1 Å². The topological polar surface area (TPSA) is 52.4 Å². The number of aromatic nitrogens is 5. The molecular formula is C18H10ClF3N6. The summed E-state index contributed by atoms with van der Waals surface area (Å²) in [4.78, 5) is 11.6. The van der Waals surface area contributed by atoms with Gasteiger partial charge in [0.15, 0.2) is 0 Å². The van der Waals surface area contributed by atoms with E-state index in [-0.39, 0.29) is 10.8 Å². The normalized spacial score (nSPS) is 11.3. The van der Waals surface area contributed by atoms with Gasteiger partial charge in [-0.2, -0.15) is 0 Å². The summed E-state index contributed by atoms with van der Waals surface area (Å²) in [5.74, 6) is -0.415. The Morgan fingerprint density at radius 1 is 1.18 bits per heavy atom. The van der Waals surface area contributed by atoms with Crippen LogP contribution in [0.15, 0.2) is 42.9 Å². The zero-order chi connectivity index (χ0) is 19.8. The molecule has 10 heteroatoms. The maximum atomic E-state index is 13.5. The van der Waals surface area contributed by atoms with Gasteiger partial charge in [-0.1, -0.05) is 23.3 Å². The van der Waals surface area contributed by atoms with Crippen molar-refractivity contribution in [2.45, 2.75) is 13.0 Å². The van der Waals surface area contributed by atoms with Crippen LogP contribution in [0.5, 0.6) is 0 Å². The molecule has 0 saturated carbocycles. The molecule has 3 aromatic heterocycles. The summed E-state index contributed by atoms with van der Waals surface area (Å²) in [6.45, 7) is 6.60. The smallest absolute Gasteiger partial charge is 0.275 e. The van der Waals surface area contributed by atoms with Crippen molar-refractivity contribution in [1.82, 2.24) is 24.1 Å². The summed E-state index contributed by atoms with van der Waals surface area (Å²) in [5.41, 5.74) is 1.82. The first-order valence-electron chi connectivity index (χ1n) is 7.99. The van der Waals surface area contributed by atoms with Gasteiger partial charge in [0.1, 0.15) is 11.5 Å². The predicted octanol–water partition coefficient (Wildman–Crippen LogP) is 4.87. The number of hydrogen-bond donors (Lipinski definition) is 0. The summed E-state index contributed by atoms with van der Waals surface area (Å²) in [7, 11) is 0. The van der Waals surface area contributed by atoms with E-state index in [1.807, 2.05) is 0 Å². The summed E-state index contributed by atoms with van der Waals surface area (Å²) >= 11 is 5.87. The lowest BCUT2D eigenvalue weighted by atomic mass is 10.1. The number of nitrogens with zero attached hydrogens (tertiary/aromatic N) is 6. The van der Waals surface area contributed by atoms with E-state index in [0.717, 1.165) is 0 Å². The number of rotatable bonds is 4. The maximum Gasteiger partial charge on any atom is 0.275 e. The molecule has 0 radical (unpaired) electrons. The van der Waals surface area contributed by atoms with Crippen LogP contribution < -0.4 is 0 Å². The predicted molar refractivity (Wildman–Crippen MR) is 96.9 cm³/mol. The molecular weight excluding hydrogens is 393 g/mol. The molecule has 4 rings (SSSR count). The highest BCUT2D eigenvalue weighted by Crippen LogP contribution is 2.33. The molecule has 0 amide bonds. The van der Waals surface area contributed by atoms with E-state index in [1.165, 1.54) is 39.8 Å². The molecule has 1 aromatic carbocycles. The van der Waals surface area contributed by atoms with Crippen molar-refractivity contribution in [3.63, 3.8) is 0 Å². The minimum Gasteiger partial charge on any atom is -0.360 e. The fourth-order valence-electron chi connectivity index (χ4n) is 2.86.